The van der Waals surface area contributed by atoms with E-state index < -0.39 is 0 Å². The van der Waals surface area contributed by atoms with Gasteiger partial charge >= 0.3 is 0 Å². The SMILES string of the molecule is Cc1ccsc1C(=O)Nc1ccc(OCCN2CCOCC2)cc1/C=C/c1n[nH]c2ccccc12. The van der Waals surface area contributed by atoms with Crippen LogP contribution in [0, 0.1) is 6.92 Å². The van der Waals surface area contributed by atoms with Gasteiger partial charge in [0.1, 0.15) is 12.4 Å². The predicted octanol–water partition coefficient (Wildman–Crippen LogP) is 5.07. The fourth-order valence-electron chi connectivity index (χ4n) is 4.06. The summed E-state index contributed by atoms with van der Waals surface area (Å²) in [4.78, 5) is 15.9. The lowest BCUT2D eigenvalue weighted by Crippen LogP contribution is -2.38. The highest BCUT2D eigenvalue weighted by atomic mass is 32.1. The van der Waals surface area contributed by atoms with E-state index >= 15 is 0 Å². The Labute approximate surface area is 208 Å². The van der Waals surface area contributed by atoms with Crippen molar-refractivity contribution in [2.45, 2.75) is 6.92 Å². The molecule has 4 aromatic rings. The lowest BCUT2D eigenvalue weighted by atomic mass is 10.1. The number of ether oxygens (including phenoxy) is 2. The molecule has 0 atom stereocenters. The molecule has 1 saturated heterocycles. The number of aryl methyl sites for hydroxylation is 1. The molecule has 2 N–H and O–H groups in total. The van der Waals surface area contributed by atoms with Crippen molar-refractivity contribution in [3.8, 4) is 5.75 Å². The Morgan fingerprint density at radius 1 is 1.20 bits per heavy atom. The average Bonchev–Trinajstić information content (AvgIpc) is 3.50. The van der Waals surface area contributed by atoms with Crippen LogP contribution in [0.5, 0.6) is 5.75 Å². The van der Waals surface area contributed by atoms with E-state index in [4.69, 9.17) is 9.47 Å². The van der Waals surface area contributed by atoms with Crippen LogP contribution in [0.15, 0.2) is 53.9 Å². The molecule has 0 aliphatic carbocycles. The number of hydrogen-bond acceptors (Lipinski definition) is 6. The largest absolute Gasteiger partial charge is 0.492 e. The molecule has 35 heavy (non-hydrogen) atoms. The maximum absolute atomic E-state index is 12.9. The number of carbonyl (C=O) groups excluding carboxylic acids is 1. The molecule has 0 saturated carbocycles. The maximum atomic E-state index is 12.9. The first-order valence-electron chi connectivity index (χ1n) is 11.7. The molecule has 0 spiro atoms. The Bertz CT molecular complexity index is 1340. The molecule has 1 amide bonds. The normalized spacial score (nSPS) is 14.5. The predicted molar refractivity (Wildman–Crippen MR) is 141 cm³/mol. The standard InChI is InChI=1S/C27H28N4O3S/c1-19-10-17-35-26(19)27(32)28-23-9-7-21(34-16-13-31-11-14-33-15-12-31)18-20(23)6-8-25-22-4-2-3-5-24(22)29-30-25/h2-10,17-18H,11-16H2,1H3,(H,28,32)(H,29,30)/b8-6+. The van der Waals surface area contributed by atoms with Crippen molar-refractivity contribution in [1.82, 2.24) is 15.1 Å². The number of aromatic nitrogens is 2. The van der Waals surface area contributed by atoms with E-state index in [0.717, 1.165) is 72.0 Å². The number of carbonyl (C=O) groups is 1. The van der Waals surface area contributed by atoms with Gasteiger partial charge in [-0.05, 0) is 54.3 Å². The third kappa shape index (κ3) is 5.62. The number of amides is 1. The summed E-state index contributed by atoms with van der Waals surface area (Å²) >= 11 is 1.44. The van der Waals surface area contributed by atoms with Crippen LogP contribution in [0.2, 0.25) is 0 Å². The summed E-state index contributed by atoms with van der Waals surface area (Å²) in [5.74, 6) is 0.647. The lowest BCUT2D eigenvalue weighted by molar-refractivity contribution is 0.0322. The van der Waals surface area contributed by atoms with Gasteiger partial charge in [0.2, 0.25) is 0 Å². The van der Waals surface area contributed by atoms with Gasteiger partial charge in [-0.25, -0.2) is 0 Å². The average molecular weight is 489 g/mol. The quantitative estimate of drug-likeness (QED) is 0.362. The number of nitrogens with zero attached hydrogens (tertiary/aromatic N) is 2. The van der Waals surface area contributed by atoms with E-state index in [0.29, 0.717) is 11.5 Å². The number of morpholine rings is 1. The molecule has 0 radical (unpaired) electrons. The number of H-pyrrole nitrogens is 1. The van der Waals surface area contributed by atoms with Gasteiger partial charge in [0, 0.05) is 36.3 Å². The van der Waals surface area contributed by atoms with Gasteiger partial charge in [0.25, 0.3) is 5.91 Å². The van der Waals surface area contributed by atoms with Gasteiger partial charge < -0.3 is 14.8 Å². The first-order valence-corrected chi connectivity index (χ1v) is 12.6. The summed E-state index contributed by atoms with van der Waals surface area (Å²) in [5.41, 5.74) is 4.36. The van der Waals surface area contributed by atoms with Gasteiger partial charge in [-0.1, -0.05) is 24.3 Å². The monoisotopic (exact) mass is 488 g/mol. The second-order valence-corrected chi connectivity index (χ2v) is 9.34. The molecule has 180 valence electrons. The highest BCUT2D eigenvalue weighted by Crippen LogP contribution is 2.27. The number of hydrogen-bond donors (Lipinski definition) is 2. The minimum atomic E-state index is -0.113. The number of para-hydroxylation sites is 1. The van der Waals surface area contributed by atoms with Crippen LogP contribution in [0.1, 0.15) is 26.5 Å². The number of anilines is 1. The fraction of sp³-hybridized carbons (Fsp3) is 0.259. The molecular weight excluding hydrogens is 460 g/mol. The summed E-state index contributed by atoms with van der Waals surface area (Å²) in [6, 6.07) is 15.7. The Kier molecular flexibility index (Phi) is 7.23. The zero-order chi connectivity index (χ0) is 24.0. The van der Waals surface area contributed by atoms with Gasteiger partial charge in [-0.2, -0.15) is 5.10 Å². The first-order chi connectivity index (χ1) is 17.2. The lowest BCUT2D eigenvalue weighted by Gasteiger charge is -2.26. The van der Waals surface area contributed by atoms with Gasteiger partial charge in [-0.15, -0.1) is 11.3 Å². The molecule has 5 rings (SSSR count). The molecular formula is C27H28N4O3S. The minimum Gasteiger partial charge on any atom is -0.492 e. The summed E-state index contributed by atoms with van der Waals surface area (Å²) in [6.45, 7) is 6.80. The third-order valence-electron chi connectivity index (χ3n) is 6.04. The third-order valence-corrected chi connectivity index (χ3v) is 7.06. The number of thiophene rings is 1. The number of nitrogens with one attached hydrogen (secondary N) is 2. The Balaban J connectivity index is 1.37. The van der Waals surface area contributed by atoms with Crippen molar-refractivity contribution < 1.29 is 14.3 Å². The van der Waals surface area contributed by atoms with Crippen molar-refractivity contribution >= 4 is 46.0 Å². The minimum absolute atomic E-state index is 0.113. The van der Waals surface area contributed by atoms with Crippen molar-refractivity contribution in [2.75, 3.05) is 44.8 Å². The van der Waals surface area contributed by atoms with Crippen LogP contribution in [0.25, 0.3) is 23.1 Å². The molecule has 0 bridgehead atoms. The zero-order valence-electron chi connectivity index (χ0n) is 19.6. The van der Waals surface area contributed by atoms with Crippen LogP contribution >= 0.6 is 11.3 Å². The Morgan fingerprint density at radius 2 is 2.06 bits per heavy atom. The molecule has 2 aromatic carbocycles. The van der Waals surface area contributed by atoms with E-state index in [9.17, 15) is 4.79 Å². The molecule has 2 aromatic heterocycles. The van der Waals surface area contributed by atoms with E-state index in [1.54, 1.807) is 0 Å². The fourth-order valence-corrected chi connectivity index (χ4v) is 4.88. The topological polar surface area (TPSA) is 79.5 Å². The first kappa shape index (κ1) is 23.3. The van der Waals surface area contributed by atoms with E-state index in [1.807, 2.05) is 73.0 Å². The Morgan fingerprint density at radius 3 is 2.89 bits per heavy atom. The highest BCUT2D eigenvalue weighted by molar-refractivity contribution is 7.12. The van der Waals surface area contributed by atoms with E-state index in [-0.39, 0.29) is 5.91 Å². The number of rotatable bonds is 8. The van der Waals surface area contributed by atoms with Crippen LogP contribution in [0.3, 0.4) is 0 Å². The molecule has 3 heterocycles. The zero-order valence-corrected chi connectivity index (χ0v) is 20.4. The molecule has 1 aliphatic rings. The summed E-state index contributed by atoms with van der Waals surface area (Å²) in [7, 11) is 0. The molecule has 8 heteroatoms. The number of benzene rings is 2. The van der Waals surface area contributed by atoms with Gasteiger partial charge in [0.05, 0.1) is 29.3 Å². The summed E-state index contributed by atoms with van der Waals surface area (Å²) in [5, 5.41) is 13.5. The van der Waals surface area contributed by atoms with Gasteiger partial charge in [0.15, 0.2) is 0 Å². The molecule has 1 fully saturated rings. The molecule has 1 aliphatic heterocycles. The number of aromatic amines is 1. The van der Waals surface area contributed by atoms with Crippen molar-refractivity contribution in [3.63, 3.8) is 0 Å². The van der Waals surface area contributed by atoms with Crippen LogP contribution in [-0.2, 0) is 4.74 Å². The van der Waals surface area contributed by atoms with E-state index in [1.165, 1.54) is 11.3 Å². The van der Waals surface area contributed by atoms with Crippen molar-refractivity contribution in [1.29, 1.82) is 0 Å². The molecule has 0 unspecified atom stereocenters. The van der Waals surface area contributed by atoms with Crippen LogP contribution < -0.4 is 10.1 Å². The van der Waals surface area contributed by atoms with Crippen molar-refractivity contribution in [3.05, 3.63) is 75.6 Å². The second kappa shape index (κ2) is 10.9. The maximum Gasteiger partial charge on any atom is 0.266 e. The summed E-state index contributed by atoms with van der Waals surface area (Å²) < 4.78 is 11.5. The van der Waals surface area contributed by atoms with Crippen LogP contribution in [-0.4, -0.2) is 60.5 Å². The summed E-state index contributed by atoms with van der Waals surface area (Å²) in [6.07, 6.45) is 3.92. The number of fused-ring (bicyclic) bond motifs is 1. The second-order valence-electron chi connectivity index (χ2n) is 8.43. The van der Waals surface area contributed by atoms with Crippen LogP contribution in [0.4, 0.5) is 5.69 Å². The molecule has 7 nitrogen and oxygen atoms in total. The van der Waals surface area contributed by atoms with Crippen molar-refractivity contribution in [2.24, 2.45) is 0 Å². The smallest absolute Gasteiger partial charge is 0.266 e. The highest BCUT2D eigenvalue weighted by Gasteiger charge is 2.14. The Hall–Kier alpha value is -3.46. The van der Waals surface area contributed by atoms with E-state index in [2.05, 4.69) is 20.4 Å². The van der Waals surface area contributed by atoms with Gasteiger partial charge in [-0.3, -0.25) is 14.8 Å².